The van der Waals surface area contributed by atoms with Crippen LogP contribution in [-0.2, 0) is 51.2 Å². The van der Waals surface area contributed by atoms with E-state index in [0.717, 1.165) is 0 Å². The van der Waals surface area contributed by atoms with Gasteiger partial charge in [0.2, 0.25) is 41.4 Å². The van der Waals surface area contributed by atoms with E-state index in [1.165, 1.54) is 60.4 Å². The maximum absolute atomic E-state index is 14.3. The lowest BCUT2D eigenvalue weighted by Gasteiger charge is -2.32. The molecule has 0 unspecified atom stereocenters. The normalized spacial score (nSPS) is 13.6. The molecule has 0 aliphatic heterocycles. The molecule has 0 heterocycles. The van der Waals surface area contributed by atoms with Gasteiger partial charge in [-0.25, -0.2) is 0 Å². The zero-order chi connectivity index (χ0) is 50.2. The third-order valence-corrected chi connectivity index (χ3v) is 10.5. The van der Waals surface area contributed by atoms with Gasteiger partial charge >= 0.3 is 5.97 Å². The summed E-state index contributed by atoms with van der Waals surface area (Å²) >= 11 is 0. The summed E-state index contributed by atoms with van der Waals surface area (Å²) in [6.45, 7) is 7.51. The first-order chi connectivity index (χ1) is 31.6. The second-order valence-corrected chi connectivity index (χ2v) is 16.6. The number of unbranched alkanes of at least 4 members (excludes halogenated alkanes) is 1. The number of benzene rings is 2. The van der Waals surface area contributed by atoms with E-state index in [1.807, 2.05) is 6.92 Å². The van der Waals surface area contributed by atoms with Gasteiger partial charge in [0.25, 0.3) is 0 Å². The summed E-state index contributed by atoms with van der Waals surface area (Å²) in [6, 6.07) is 3.24. The van der Waals surface area contributed by atoms with Gasteiger partial charge in [-0.1, -0.05) is 45.0 Å². The van der Waals surface area contributed by atoms with Crippen molar-refractivity contribution in [3.05, 3.63) is 59.7 Å². The third-order valence-electron chi connectivity index (χ3n) is 10.5. The number of hydrogen-bond acceptors (Lipinski definition) is 12. The quantitative estimate of drug-likeness (QED) is 0.0257. The molecule has 2 rings (SSSR count). The van der Waals surface area contributed by atoms with Crippen molar-refractivity contribution in [3.8, 4) is 11.5 Å². The summed E-state index contributed by atoms with van der Waals surface area (Å²) in [5, 5.41) is 42.2. The number of rotatable bonds is 30. The number of guanidine groups is 1. The minimum absolute atomic E-state index is 0.0471. The molecule has 22 heteroatoms. The summed E-state index contributed by atoms with van der Waals surface area (Å²) in [5.74, 6) is -7.55. The molecule has 0 spiro atoms. The van der Waals surface area contributed by atoms with E-state index in [1.54, 1.807) is 13.8 Å². The minimum atomic E-state index is -1.78. The molecule has 16 N–H and O–H groups in total. The predicted molar refractivity (Wildman–Crippen MR) is 248 cm³/mol. The molecule has 370 valence electrons. The molecule has 0 aromatic heterocycles. The lowest BCUT2D eigenvalue weighted by molar-refractivity contribution is -0.141. The summed E-state index contributed by atoms with van der Waals surface area (Å²) < 4.78 is 0. The fraction of sp³-hybridized carbons (Fsp3) is 0.533. The van der Waals surface area contributed by atoms with Crippen LogP contribution in [0.1, 0.15) is 90.2 Å². The van der Waals surface area contributed by atoms with Gasteiger partial charge in [-0.3, -0.25) is 43.3 Å². The maximum atomic E-state index is 14.3. The Morgan fingerprint density at radius 3 is 1.61 bits per heavy atom. The van der Waals surface area contributed by atoms with Gasteiger partial charge in [0.15, 0.2) is 5.96 Å². The first-order valence-electron chi connectivity index (χ1n) is 22.3. The molecule has 2 aromatic rings. The van der Waals surface area contributed by atoms with Gasteiger partial charge in [-0.15, -0.1) is 0 Å². The fourth-order valence-electron chi connectivity index (χ4n) is 7.07. The van der Waals surface area contributed by atoms with Crippen LogP contribution in [-0.4, -0.2) is 129 Å². The lowest BCUT2D eigenvalue weighted by atomic mass is 9.99. The maximum Gasteiger partial charge on any atom is 0.305 e. The Bertz CT molecular complexity index is 1990. The zero-order valence-electron chi connectivity index (χ0n) is 38.7. The van der Waals surface area contributed by atoms with E-state index >= 15 is 0 Å². The van der Waals surface area contributed by atoms with Crippen LogP contribution in [0.15, 0.2) is 53.5 Å². The third kappa shape index (κ3) is 20.8. The molecule has 0 bridgehead atoms. The first kappa shape index (κ1) is 56.2. The number of aliphatic imine (C=N–C) groups is 1. The molecule has 0 saturated carbocycles. The fourth-order valence-corrected chi connectivity index (χ4v) is 7.07. The van der Waals surface area contributed by atoms with E-state index in [-0.39, 0.29) is 74.5 Å². The molecular weight excluding hydrogens is 871 g/mol. The van der Waals surface area contributed by atoms with Crippen molar-refractivity contribution < 1.29 is 53.7 Å². The number of aromatic hydroxyl groups is 2. The first-order valence-corrected chi connectivity index (χ1v) is 22.3. The number of nitrogens with one attached hydrogen (secondary N) is 5. The van der Waals surface area contributed by atoms with Gasteiger partial charge in [-0.05, 0) is 92.8 Å². The predicted octanol–water partition coefficient (Wildman–Crippen LogP) is -0.877. The topological polar surface area (TPSA) is 377 Å². The van der Waals surface area contributed by atoms with Gasteiger partial charge in [0, 0.05) is 32.9 Å². The second-order valence-electron chi connectivity index (χ2n) is 16.6. The number of carboxylic acid groups (broad SMARTS) is 1. The Balaban J connectivity index is 2.47. The summed E-state index contributed by atoms with van der Waals surface area (Å²) in [4.78, 5) is 113. The van der Waals surface area contributed by atoms with Crippen molar-refractivity contribution in [2.75, 3.05) is 19.6 Å². The van der Waals surface area contributed by atoms with Crippen LogP contribution in [0.2, 0.25) is 0 Å². The number of nitrogens with zero attached hydrogens (tertiary/aromatic N) is 2. The van der Waals surface area contributed by atoms with Gasteiger partial charge in [0.1, 0.15) is 47.8 Å². The number of phenols is 2. The molecule has 22 nitrogen and oxygen atoms in total. The van der Waals surface area contributed by atoms with Crippen LogP contribution in [0.5, 0.6) is 11.5 Å². The number of carboxylic acids is 1. The van der Waals surface area contributed by atoms with E-state index in [4.69, 9.17) is 22.9 Å². The molecule has 67 heavy (non-hydrogen) atoms. The number of aliphatic carboxylic acids is 1. The van der Waals surface area contributed by atoms with Gasteiger partial charge in [0.05, 0.1) is 6.42 Å². The average Bonchev–Trinajstić information content (AvgIpc) is 3.25. The number of hydrogen-bond donors (Lipinski definition) is 12. The summed E-state index contributed by atoms with van der Waals surface area (Å²) in [6.07, 6.45) is 0.816. The SMILES string of the molecule is CCCN(C(C)=O)[C@@H](CCCN=C(N)N)C(=O)N[C@@H](CCCCN)C(=O)N[C@@H](CC(C)C)C(=O)N[C@@H](Cc1ccc(O)cc1)C(=O)N[C@@H](CC(=O)O)C(=O)N[C@@H](Cc1ccc(O)cc1)C(N)=O. The molecule has 7 amide bonds. The summed E-state index contributed by atoms with van der Waals surface area (Å²) in [5.41, 5.74) is 23.2. The number of carbonyl (C=O) groups is 8. The van der Waals surface area contributed by atoms with Crippen LogP contribution in [0, 0.1) is 5.92 Å². The molecule has 0 aliphatic rings. The van der Waals surface area contributed by atoms with Crippen molar-refractivity contribution in [3.63, 3.8) is 0 Å². The number of carbonyl (C=O) groups excluding carboxylic acids is 7. The van der Waals surface area contributed by atoms with Crippen LogP contribution in [0.4, 0.5) is 0 Å². The number of amides is 7. The molecule has 0 aliphatic carbocycles. The van der Waals surface area contributed by atoms with Crippen molar-refractivity contribution >= 4 is 53.3 Å². The Morgan fingerprint density at radius 2 is 1.12 bits per heavy atom. The van der Waals surface area contributed by atoms with Gasteiger partial charge < -0.3 is 69.7 Å². The Hall–Kier alpha value is -6.97. The monoisotopic (exact) mass is 940 g/mol. The van der Waals surface area contributed by atoms with Crippen molar-refractivity contribution in [2.45, 2.75) is 128 Å². The minimum Gasteiger partial charge on any atom is -0.508 e. The number of nitrogens with two attached hydrogens (primary N) is 4. The van der Waals surface area contributed by atoms with Gasteiger partial charge in [-0.2, -0.15) is 0 Å². The Morgan fingerprint density at radius 1 is 0.642 bits per heavy atom. The van der Waals surface area contributed by atoms with Crippen LogP contribution < -0.4 is 49.5 Å². The van der Waals surface area contributed by atoms with Crippen LogP contribution in [0.3, 0.4) is 0 Å². The largest absolute Gasteiger partial charge is 0.508 e. The molecule has 0 saturated heterocycles. The Kier molecular flexibility index (Phi) is 24.2. The molecular formula is C45H69N11O11. The van der Waals surface area contributed by atoms with Crippen LogP contribution in [0.25, 0.3) is 0 Å². The smallest absolute Gasteiger partial charge is 0.305 e. The molecule has 0 fully saturated rings. The lowest BCUT2D eigenvalue weighted by Crippen LogP contribution is -2.60. The van der Waals surface area contributed by atoms with E-state index in [9.17, 15) is 53.7 Å². The molecule has 0 radical (unpaired) electrons. The number of primary amides is 1. The highest BCUT2D eigenvalue weighted by Crippen LogP contribution is 2.16. The zero-order valence-corrected chi connectivity index (χ0v) is 38.7. The highest BCUT2D eigenvalue weighted by molar-refractivity contribution is 5.98. The van der Waals surface area contributed by atoms with Crippen LogP contribution >= 0.6 is 0 Å². The molecule has 2 aromatic carbocycles. The Labute approximate surface area is 390 Å². The highest BCUT2D eigenvalue weighted by atomic mass is 16.4. The second kappa shape index (κ2) is 28.8. The van der Waals surface area contributed by atoms with E-state index in [0.29, 0.717) is 43.4 Å². The average molecular weight is 940 g/mol. The van der Waals surface area contributed by atoms with Crippen molar-refractivity contribution in [2.24, 2.45) is 33.8 Å². The standard InChI is InChI=1S/C45H69N11O11/c1-5-21-56(27(4)57)37(10-8-20-50-45(48)49)44(67)51-32(9-6-7-19-46)40(63)53-34(22-26(2)3)41(64)54-35(24-29-13-17-31(59)18-14-29)42(65)55-36(25-38(60)61)43(66)52-33(39(47)62)23-28-11-15-30(58)16-12-28/h11-18,26,32-37,58-59H,5-10,19-25,46H2,1-4H3,(H2,47,62)(H,51,67)(H,52,66)(H,53,63)(H,54,64)(H,55,65)(H,60,61)(H4,48,49,50)/t32-,33-,34-,35-,36-,37-/m0/s1. The van der Waals surface area contributed by atoms with E-state index < -0.39 is 84.1 Å². The number of phenolic OH excluding ortho intramolecular Hbond substituents is 2. The van der Waals surface area contributed by atoms with E-state index in [2.05, 4.69) is 31.6 Å². The van der Waals surface area contributed by atoms with Crippen molar-refractivity contribution in [1.29, 1.82) is 0 Å². The molecule has 6 atom stereocenters. The van der Waals surface area contributed by atoms with Crippen molar-refractivity contribution in [1.82, 2.24) is 31.5 Å². The summed E-state index contributed by atoms with van der Waals surface area (Å²) in [7, 11) is 0. The highest BCUT2D eigenvalue weighted by Gasteiger charge is 2.35.